The first kappa shape index (κ1) is 17.8. The van der Waals surface area contributed by atoms with Crippen LogP contribution in [-0.4, -0.2) is 44.1 Å². The maximum atomic E-state index is 12.1. The molecule has 1 aliphatic rings. The Morgan fingerprint density at radius 3 is 2.58 bits per heavy atom. The van der Waals surface area contributed by atoms with E-state index in [1.165, 1.54) is 0 Å². The van der Waals surface area contributed by atoms with Crippen molar-refractivity contribution in [2.45, 2.75) is 32.2 Å². The summed E-state index contributed by atoms with van der Waals surface area (Å²) < 4.78 is 9.88. The number of carbonyl (C=O) groups is 3. The molecule has 1 aliphatic heterocycles. The summed E-state index contributed by atoms with van der Waals surface area (Å²) in [5, 5.41) is 2.80. The summed E-state index contributed by atoms with van der Waals surface area (Å²) in [6.45, 7) is 2.43. The lowest BCUT2D eigenvalue weighted by molar-refractivity contribution is -0.144. The minimum Gasteiger partial charge on any atom is -0.497 e. The second-order valence-corrected chi connectivity index (χ2v) is 5.48. The quantitative estimate of drug-likeness (QED) is 0.759. The van der Waals surface area contributed by atoms with Crippen LogP contribution in [0.15, 0.2) is 24.3 Å². The zero-order valence-corrected chi connectivity index (χ0v) is 13.9. The van der Waals surface area contributed by atoms with E-state index in [0.29, 0.717) is 18.9 Å². The number of ether oxygens (including phenoxy) is 2. The fraction of sp³-hybridized carbons (Fsp3) is 0.471. The molecule has 1 aromatic rings. The molecule has 0 bridgehead atoms. The molecule has 1 aromatic carbocycles. The van der Waals surface area contributed by atoms with Gasteiger partial charge in [-0.15, -0.1) is 0 Å². The lowest BCUT2D eigenvalue weighted by Crippen LogP contribution is -2.37. The first-order valence-corrected chi connectivity index (χ1v) is 7.93. The number of methoxy groups -OCH3 is 1. The van der Waals surface area contributed by atoms with Crippen LogP contribution in [0.1, 0.15) is 26.2 Å². The molecule has 2 amide bonds. The van der Waals surface area contributed by atoms with Gasteiger partial charge < -0.3 is 19.7 Å². The normalized spacial score (nSPS) is 16.8. The lowest BCUT2D eigenvalue weighted by atomic mass is 10.2. The van der Waals surface area contributed by atoms with Gasteiger partial charge in [0.2, 0.25) is 11.8 Å². The molecule has 7 nitrogen and oxygen atoms in total. The van der Waals surface area contributed by atoms with Crippen molar-refractivity contribution in [3.05, 3.63) is 24.3 Å². The van der Waals surface area contributed by atoms with Gasteiger partial charge in [0.25, 0.3) is 0 Å². The second kappa shape index (κ2) is 8.33. The van der Waals surface area contributed by atoms with E-state index < -0.39 is 5.97 Å². The summed E-state index contributed by atoms with van der Waals surface area (Å²) in [4.78, 5) is 36.9. The van der Waals surface area contributed by atoms with E-state index in [0.717, 1.165) is 5.69 Å². The Balaban J connectivity index is 1.85. The van der Waals surface area contributed by atoms with E-state index in [1.54, 1.807) is 31.1 Å². The summed E-state index contributed by atoms with van der Waals surface area (Å²) in [5.74, 6) is 0.0255. The van der Waals surface area contributed by atoms with Gasteiger partial charge in [0.1, 0.15) is 5.75 Å². The molecule has 0 saturated carbocycles. The average Bonchev–Trinajstić information content (AvgIpc) is 2.93. The van der Waals surface area contributed by atoms with Crippen LogP contribution in [0.5, 0.6) is 5.75 Å². The monoisotopic (exact) mass is 334 g/mol. The average molecular weight is 334 g/mol. The van der Waals surface area contributed by atoms with E-state index in [9.17, 15) is 14.4 Å². The Kier molecular flexibility index (Phi) is 6.17. The van der Waals surface area contributed by atoms with Crippen LogP contribution in [0.25, 0.3) is 0 Å². The fourth-order valence-electron chi connectivity index (χ4n) is 2.56. The number of hydrogen-bond donors (Lipinski definition) is 1. The van der Waals surface area contributed by atoms with Gasteiger partial charge in [-0.3, -0.25) is 14.4 Å². The molecule has 2 rings (SSSR count). The Morgan fingerprint density at radius 2 is 1.96 bits per heavy atom. The third kappa shape index (κ3) is 4.71. The van der Waals surface area contributed by atoms with Gasteiger partial charge in [-0.2, -0.15) is 0 Å². The van der Waals surface area contributed by atoms with Crippen LogP contribution in [-0.2, 0) is 19.1 Å². The van der Waals surface area contributed by atoms with E-state index >= 15 is 0 Å². The van der Waals surface area contributed by atoms with Crippen LogP contribution >= 0.6 is 0 Å². The zero-order valence-electron chi connectivity index (χ0n) is 13.9. The first-order valence-electron chi connectivity index (χ1n) is 7.93. The number of carbonyl (C=O) groups excluding carboxylic acids is 3. The predicted molar refractivity (Wildman–Crippen MR) is 87.8 cm³/mol. The van der Waals surface area contributed by atoms with Crippen molar-refractivity contribution in [2.75, 3.05) is 25.2 Å². The Morgan fingerprint density at radius 1 is 1.25 bits per heavy atom. The molecule has 1 saturated heterocycles. The highest BCUT2D eigenvalue weighted by Crippen LogP contribution is 2.24. The smallest absolute Gasteiger partial charge is 0.306 e. The zero-order chi connectivity index (χ0) is 17.5. The van der Waals surface area contributed by atoms with Crippen molar-refractivity contribution >= 4 is 23.5 Å². The van der Waals surface area contributed by atoms with Crippen LogP contribution in [0, 0.1) is 0 Å². The van der Waals surface area contributed by atoms with Crippen molar-refractivity contribution in [3.63, 3.8) is 0 Å². The Bertz CT molecular complexity index is 600. The number of anilines is 1. The molecular formula is C17H22N2O5. The van der Waals surface area contributed by atoms with Crippen molar-refractivity contribution in [1.29, 1.82) is 0 Å². The van der Waals surface area contributed by atoms with Gasteiger partial charge in [0.15, 0.2) is 0 Å². The van der Waals surface area contributed by atoms with Crippen molar-refractivity contribution in [2.24, 2.45) is 0 Å². The summed E-state index contributed by atoms with van der Waals surface area (Å²) in [5.41, 5.74) is 0.768. The molecule has 1 fully saturated rings. The van der Waals surface area contributed by atoms with Gasteiger partial charge in [0, 0.05) is 25.1 Å². The molecule has 0 aromatic heterocycles. The number of nitrogens with one attached hydrogen (secondary N) is 1. The van der Waals surface area contributed by atoms with Gasteiger partial charge in [0.05, 0.1) is 26.2 Å². The van der Waals surface area contributed by atoms with Crippen LogP contribution in [0.3, 0.4) is 0 Å². The minimum atomic E-state index is -0.394. The van der Waals surface area contributed by atoms with Crippen LogP contribution in [0.4, 0.5) is 5.69 Å². The molecule has 24 heavy (non-hydrogen) atoms. The van der Waals surface area contributed by atoms with Crippen molar-refractivity contribution in [1.82, 2.24) is 5.32 Å². The van der Waals surface area contributed by atoms with Gasteiger partial charge in [-0.25, -0.2) is 0 Å². The Labute approximate surface area is 140 Å². The molecule has 0 aliphatic carbocycles. The largest absolute Gasteiger partial charge is 0.497 e. The van der Waals surface area contributed by atoms with E-state index in [2.05, 4.69) is 5.32 Å². The maximum absolute atomic E-state index is 12.1. The molecule has 0 unspecified atom stereocenters. The topological polar surface area (TPSA) is 84.9 Å². The molecule has 130 valence electrons. The van der Waals surface area contributed by atoms with E-state index in [4.69, 9.17) is 9.47 Å². The molecule has 7 heteroatoms. The highest BCUT2D eigenvalue weighted by Gasteiger charge is 2.31. The number of hydrogen-bond acceptors (Lipinski definition) is 5. The highest BCUT2D eigenvalue weighted by molar-refractivity contribution is 5.97. The number of rotatable bonds is 7. The second-order valence-electron chi connectivity index (χ2n) is 5.48. The third-order valence-corrected chi connectivity index (χ3v) is 3.74. The first-order chi connectivity index (χ1) is 11.5. The van der Waals surface area contributed by atoms with E-state index in [-0.39, 0.29) is 37.1 Å². The molecule has 0 radical (unpaired) electrons. The number of amides is 2. The maximum Gasteiger partial charge on any atom is 0.306 e. The highest BCUT2D eigenvalue weighted by atomic mass is 16.5. The third-order valence-electron chi connectivity index (χ3n) is 3.74. The Hall–Kier alpha value is -2.57. The fourth-order valence-corrected chi connectivity index (χ4v) is 2.56. The lowest BCUT2D eigenvalue weighted by Gasteiger charge is -2.17. The van der Waals surface area contributed by atoms with Gasteiger partial charge in [-0.05, 0) is 31.2 Å². The van der Waals surface area contributed by atoms with Crippen molar-refractivity contribution < 1.29 is 23.9 Å². The molecule has 0 spiro atoms. The number of benzene rings is 1. The number of nitrogens with zero attached hydrogens (tertiary/aromatic N) is 1. The summed E-state index contributed by atoms with van der Waals surface area (Å²) in [6, 6.07) is 6.93. The van der Waals surface area contributed by atoms with Gasteiger partial charge in [-0.1, -0.05) is 0 Å². The molecular weight excluding hydrogens is 312 g/mol. The minimum absolute atomic E-state index is 0.0442. The van der Waals surface area contributed by atoms with Crippen LogP contribution in [0.2, 0.25) is 0 Å². The summed E-state index contributed by atoms with van der Waals surface area (Å²) in [7, 11) is 1.58. The predicted octanol–water partition coefficient (Wildman–Crippen LogP) is 1.26. The van der Waals surface area contributed by atoms with E-state index in [1.807, 2.05) is 12.1 Å². The van der Waals surface area contributed by atoms with Crippen molar-refractivity contribution in [3.8, 4) is 5.75 Å². The molecule has 1 heterocycles. The van der Waals surface area contributed by atoms with Crippen LogP contribution < -0.4 is 15.0 Å². The SMILES string of the molecule is CCOC(=O)CCC(=O)N[C@@H]1CC(=O)N(c2ccc(OC)cc2)C1. The number of esters is 1. The summed E-state index contributed by atoms with van der Waals surface area (Å²) >= 11 is 0. The standard InChI is InChI=1S/C17H22N2O5/c1-3-24-17(22)9-8-15(20)18-12-10-16(21)19(11-12)13-4-6-14(23-2)7-5-13/h4-7,12H,3,8-11H2,1-2H3,(H,18,20)/t12-/m1/s1. The molecule has 1 atom stereocenters. The summed E-state index contributed by atoms with van der Waals surface area (Å²) in [6.07, 6.45) is 0.353. The van der Waals surface area contributed by atoms with Gasteiger partial charge >= 0.3 is 5.97 Å². The molecule has 1 N–H and O–H groups in total.